The molecule has 0 saturated carbocycles. The molecule has 3 N–H and O–H groups in total. The summed E-state index contributed by atoms with van der Waals surface area (Å²) in [6.45, 7) is 2.14. The molecule has 0 aliphatic carbocycles. The average Bonchev–Trinajstić information content (AvgIpc) is 2.53. The van der Waals surface area contributed by atoms with Crippen molar-refractivity contribution in [1.29, 1.82) is 0 Å². The number of amides is 1. The summed E-state index contributed by atoms with van der Waals surface area (Å²) >= 11 is 29.0. The van der Waals surface area contributed by atoms with Gasteiger partial charge in [-0.1, -0.05) is 85.1 Å². The lowest BCUT2D eigenvalue weighted by atomic mass is 10.1. The molecule has 146 valence electrons. The highest BCUT2D eigenvalue weighted by molar-refractivity contribution is 7.80. The van der Waals surface area contributed by atoms with Gasteiger partial charge in [-0.3, -0.25) is 4.79 Å². The highest BCUT2D eigenvalue weighted by atomic mass is 35.6. The van der Waals surface area contributed by atoms with Gasteiger partial charge in [0.05, 0.1) is 0 Å². The van der Waals surface area contributed by atoms with Crippen LogP contribution in [0, 0.1) is 0 Å². The van der Waals surface area contributed by atoms with Crippen molar-refractivity contribution in [2.24, 2.45) is 0 Å². The van der Waals surface area contributed by atoms with Crippen LogP contribution in [0.5, 0.6) is 0 Å². The first-order valence-electron chi connectivity index (χ1n) is 8.41. The van der Waals surface area contributed by atoms with Gasteiger partial charge in [0.25, 0.3) is 0 Å². The van der Waals surface area contributed by atoms with E-state index in [1.807, 2.05) is 0 Å². The van der Waals surface area contributed by atoms with E-state index in [1.165, 1.54) is 6.42 Å². The van der Waals surface area contributed by atoms with Gasteiger partial charge < -0.3 is 16.0 Å². The van der Waals surface area contributed by atoms with Crippen LogP contribution in [-0.2, 0) is 4.79 Å². The largest absolute Gasteiger partial charge is 0.339 e. The molecule has 0 saturated heterocycles. The monoisotopic (exact) mass is 457 g/mol. The number of rotatable bonds is 9. The number of hydrogen-bond acceptors (Lipinski definition) is 2. The molecule has 0 heterocycles. The fourth-order valence-electron chi connectivity index (χ4n) is 2.19. The molecule has 0 unspecified atom stereocenters. The van der Waals surface area contributed by atoms with Crippen LogP contribution in [0.4, 0.5) is 5.69 Å². The molecule has 1 aromatic carbocycles. The molecule has 9 heteroatoms. The van der Waals surface area contributed by atoms with Crippen molar-refractivity contribution in [3.8, 4) is 0 Å². The Kier molecular flexibility index (Phi) is 11.0. The van der Waals surface area contributed by atoms with Gasteiger partial charge in [0, 0.05) is 17.1 Å². The van der Waals surface area contributed by atoms with E-state index >= 15 is 0 Å². The van der Waals surface area contributed by atoms with Crippen molar-refractivity contribution in [3.63, 3.8) is 0 Å². The van der Waals surface area contributed by atoms with E-state index in [0.717, 1.165) is 25.7 Å². The van der Waals surface area contributed by atoms with Gasteiger partial charge in [0.1, 0.15) is 6.17 Å². The number of benzene rings is 1. The standard InChI is InChI=1S/C17H23Cl4N3OS/c1-2-3-4-5-6-10-14(25)23-15(17(19,20)21)24-16(26)22-13-9-7-8-12(18)11-13/h7-9,11,15H,2-6,10H2,1H3,(H,23,25)(H2,22,24,26)/t15-/m0/s1. The van der Waals surface area contributed by atoms with Gasteiger partial charge in [-0.05, 0) is 36.8 Å². The van der Waals surface area contributed by atoms with Crippen molar-refractivity contribution in [3.05, 3.63) is 29.3 Å². The second-order valence-corrected chi connectivity index (χ2v) is 9.03. The Morgan fingerprint density at radius 3 is 2.46 bits per heavy atom. The number of carbonyl (C=O) groups excluding carboxylic acids is 1. The molecule has 0 aromatic heterocycles. The first kappa shape index (κ1) is 23.6. The number of thiocarbonyl (C=S) groups is 1. The third-order valence-electron chi connectivity index (χ3n) is 3.50. The Labute approximate surface area is 180 Å². The van der Waals surface area contributed by atoms with E-state index in [-0.39, 0.29) is 11.0 Å². The topological polar surface area (TPSA) is 53.2 Å². The van der Waals surface area contributed by atoms with Crippen molar-refractivity contribution < 1.29 is 4.79 Å². The van der Waals surface area contributed by atoms with Crippen LogP contribution in [0.2, 0.25) is 5.02 Å². The fraction of sp³-hybridized carbons (Fsp3) is 0.529. The molecule has 1 rings (SSSR count). The van der Waals surface area contributed by atoms with Crippen molar-refractivity contribution >= 4 is 75.3 Å². The number of nitrogens with one attached hydrogen (secondary N) is 3. The molecule has 0 fully saturated rings. The summed E-state index contributed by atoms with van der Waals surface area (Å²) in [5.74, 6) is -0.198. The SMILES string of the molecule is CCCCCCCC(=O)N[C@@H](NC(=S)Nc1cccc(Cl)c1)C(Cl)(Cl)Cl. The van der Waals surface area contributed by atoms with Crippen molar-refractivity contribution in [2.75, 3.05) is 5.32 Å². The maximum absolute atomic E-state index is 12.1. The molecule has 1 amide bonds. The Hall–Kier alpha value is -0.460. The van der Waals surface area contributed by atoms with Crippen LogP contribution in [0.25, 0.3) is 0 Å². The molecule has 26 heavy (non-hydrogen) atoms. The number of anilines is 1. The first-order chi connectivity index (χ1) is 12.2. The number of halogens is 4. The normalized spacial score (nSPS) is 12.3. The number of carbonyl (C=O) groups is 1. The van der Waals surface area contributed by atoms with E-state index in [1.54, 1.807) is 24.3 Å². The predicted molar refractivity (Wildman–Crippen MR) is 116 cm³/mol. The van der Waals surface area contributed by atoms with Crippen LogP contribution < -0.4 is 16.0 Å². The minimum absolute atomic E-state index is 0.198. The number of alkyl halides is 3. The van der Waals surface area contributed by atoms with E-state index in [2.05, 4.69) is 22.9 Å². The van der Waals surface area contributed by atoms with Crippen molar-refractivity contribution in [2.45, 2.75) is 55.4 Å². The third-order valence-corrected chi connectivity index (χ3v) is 4.61. The van der Waals surface area contributed by atoms with Gasteiger partial charge in [0.15, 0.2) is 5.11 Å². The summed E-state index contributed by atoms with van der Waals surface area (Å²) < 4.78 is -1.77. The van der Waals surface area contributed by atoms with Gasteiger partial charge in [-0.2, -0.15) is 0 Å². The zero-order valence-corrected chi connectivity index (χ0v) is 18.3. The van der Waals surface area contributed by atoms with E-state index in [9.17, 15) is 4.79 Å². The van der Waals surface area contributed by atoms with Crippen LogP contribution in [0.3, 0.4) is 0 Å². The van der Waals surface area contributed by atoms with Crippen LogP contribution >= 0.6 is 58.6 Å². The quantitative estimate of drug-likeness (QED) is 0.189. The predicted octanol–water partition coefficient (Wildman–Crippen LogP) is 5.80. The highest BCUT2D eigenvalue weighted by Crippen LogP contribution is 2.29. The smallest absolute Gasteiger partial charge is 0.228 e. The number of hydrogen-bond donors (Lipinski definition) is 3. The average molecular weight is 459 g/mol. The lowest BCUT2D eigenvalue weighted by Gasteiger charge is -2.27. The van der Waals surface area contributed by atoms with E-state index < -0.39 is 9.96 Å². The zero-order chi connectivity index (χ0) is 19.6. The Bertz CT molecular complexity index is 596. The van der Waals surface area contributed by atoms with E-state index in [4.69, 9.17) is 58.6 Å². The lowest BCUT2D eigenvalue weighted by molar-refractivity contribution is -0.122. The van der Waals surface area contributed by atoms with Gasteiger partial charge >= 0.3 is 0 Å². The molecule has 1 aromatic rings. The Balaban J connectivity index is 2.53. The van der Waals surface area contributed by atoms with Crippen LogP contribution in [0.15, 0.2) is 24.3 Å². The zero-order valence-electron chi connectivity index (χ0n) is 14.5. The second kappa shape index (κ2) is 12.1. The van der Waals surface area contributed by atoms with Crippen molar-refractivity contribution in [1.82, 2.24) is 10.6 Å². The summed E-state index contributed by atoms with van der Waals surface area (Å²) in [6, 6.07) is 7.02. The molecule has 0 radical (unpaired) electrons. The molecule has 0 spiro atoms. The van der Waals surface area contributed by atoms with Crippen LogP contribution in [-0.4, -0.2) is 21.0 Å². The molecule has 1 atom stereocenters. The maximum Gasteiger partial charge on any atom is 0.228 e. The third kappa shape index (κ3) is 10.0. The highest BCUT2D eigenvalue weighted by Gasteiger charge is 2.34. The summed E-state index contributed by atoms with van der Waals surface area (Å²) in [5, 5.41) is 9.19. The van der Waals surface area contributed by atoms with E-state index in [0.29, 0.717) is 17.1 Å². The lowest BCUT2D eigenvalue weighted by Crippen LogP contribution is -2.56. The molecular weight excluding hydrogens is 436 g/mol. The maximum atomic E-state index is 12.1. The van der Waals surface area contributed by atoms with Crippen LogP contribution in [0.1, 0.15) is 45.4 Å². The van der Waals surface area contributed by atoms with Gasteiger partial charge in [-0.15, -0.1) is 0 Å². The number of unbranched alkanes of at least 4 members (excludes halogenated alkanes) is 4. The Morgan fingerprint density at radius 2 is 1.85 bits per heavy atom. The molecule has 0 bridgehead atoms. The minimum Gasteiger partial charge on any atom is -0.339 e. The second-order valence-electron chi connectivity index (χ2n) is 5.82. The summed E-state index contributed by atoms with van der Waals surface area (Å²) in [7, 11) is 0. The molecule has 0 aliphatic rings. The first-order valence-corrected chi connectivity index (χ1v) is 10.3. The molecule has 4 nitrogen and oxygen atoms in total. The minimum atomic E-state index is -1.77. The van der Waals surface area contributed by atoms with Gasteiger partial charge in [-0.25, -0.2) is 0 Å². The molecular formula is C17H23Cl4N3OS. The Morgan fingerprint density at radius 1 is 1.15 bits per heavy atom. The summed E-state index contributed by atoms with van der Waals surface area (Å²) in [5.41, 5.74) is 0.681. The molecule has 0 aliphatic heterocycles. The van der Waals surface area contributed by atoms with Gasteiger partial charge in [0.2, 0.25) is 9.70 Å². The summed E-state index contributed by atoms with van der Waals surface area (Å²) in [4.78, 5) is 12.1. The fourth-order valence-corrected chi connectivity index (χ4v) is 2.94. The summed E-state index contributed by atoms with van der Waals surface area (Å²) in [6.07, 6.45) is 4.65.